The van der Waals surface area contributed by atoms with Crippen molar-refractivity contribution in [2.24, 2.45) is 0 Å². The molecule has 1 heterocycles. The van der Waals surface area contributed by atoms with E-state index in [1.807, 2.05) is 0 Å². The Bertz CT molecular complexity index is 553. The lowest BCUT2D eigenvalue weighted by Crippen LogP contribution is -2.64. The van der Waals surface area contributed by atoms with Crippen LogP contribution in [0.1, 0.15) is 11.1 Å². The molecule has 0 saturated heterocycles. The lowest BCUT2D eigenvalue weighted by molar-refractivity contribution is -0.167. The van der Waals surface area contributed by atoms with Crippen LogP contribution in [0, 0.1) is 0 Å². The van der Waals surface area contributed by atoms with Crippen LogP contribution in [0.2, 0.25) is 0 Å². The molecule has 0 radical (unpaired) electrons. The molecule has 0 unspecified atom stereocenters. The van der Waals surface area contributed by atoms with Crippen molar-refractivity contribution >= 4 is 18.0 Å². The summed E-state index contributed by atoms with van der Waals surface area (Å²) in [6.45, 7) is -0.260. The normalized spacial score (nSPS) is 16.5. The fraction of sp³-hybridized carbons (Fsp3) is 0.250. The van der Waals surface area contributed by atoms with Gasteiger partial charge >= 0.3 is 18.0 Å². The molecular formula is C12H11NO6. The van der Waals surface area contributed by atoms with Crippen LogP contribution in [-0.2, 0) is 22.6 Å². The third-order valence-corrected chi connectivity index (χ3v) is 3.29. The van der Waals surface area contributed by atoms with E-state index < -0.39 is 23.6 Å². The zero-order valence-corrected chi connectivity index (χ0v) is 9.74. The number of benzene rings is 1. The highest BCUT2D eigenvalue weighted by atomic mass is 16.4. The van der Waals surface area contributed by atoms with E-state index in [4.69, 9.17) is 5.11 Å². The Morgan fingerprint density at radius 2 is 1.53 bits per heavy atom. The van der Waals surface area contributed by atoms with Crippen molar-refractivity contribution in [2.75, 3.05) is 0 Å². The van der Waals surface area contributed by atoms with Gasteiger partial charge in [0.1, 0.15) is 0 Å². The first-order valence-electron chi connectivity index (χ1n) is 5.43. The zero-order chi connectivity index (χ0) is 14.2. The van der Waals surface area contributed by atoms with Crippen LogP contribution in [0.3, 0.4) is 0 Å². The quantitative estimate of drug-likeness (QED) is 0.675. The van der Waals surface area contributed by atoms with Crippen molar-refractivity contribution in [3.63, 3.8) is 0 Å². The van der Waals surface area contributed by atoms with Gasteiger partial charge in [-0.05, 0) is 11.1 Å². The van der Waals surface area contributed by atoms with Gasteiger partial charge in [-0.2, -0.15) is 0 Å². The lowest BCUT2D eigenvalue weighted by atomic mass is 9.83. The Morgan fingerprint density at radius 1 is 1.00 bits per heavy atom. The third kappa shape index (κ3) is 1.79. The molecule has 19 heavy (non-hydrogen) atoms. The van der Waals surface area contributed by atoms with Gasteiger partial charge in [-0.1, -0.05) is 24.3 Å². The standard InChI is InChI=1S/C12H11NO6/c14-9(15)12(10(16)17)5-7-3-1-2-4-8(7)6-13(12)11(18)19/h1-4H,5-6H2,(H,14,15)(H,16,17)(H,18,19). The topological polar surface area (TPSA) is 115 Å². The zero-order valence-electron chi connectivity index (χ0n) is 9.74. The number of hydrogen-bond donors (Lipinski definition) is 3. The minimum absolute atomic E-state index is 0.260. The van der Waals surface area contributed by atoms with Crippen molar-refractivity contribution in [3.05, 3.63) is 35.4 Å². The molecule has 7 heteroatoms. The first-order chi connectivity index (χ1) is 8.89. The molecule has 1 aromatic carbocycles. The van der Waals surface area contributed by atoms with E-state index in [-0.39, 0.29) is 13.0 Å². The number of nitrogens with zero attached hydrogens (tertiary/aromatic N) is 1. The van der Waals surface area contributed by atoms with Gasteiger partial charge in [0.2, 0.25) is 5.54 Å². The first-order valence-corrected chi connectivity index (χ1v) is 5.43. The predicted octanol–water partition coefficient (Wildman–Crippen LogP) is 0.631. The monoisotopic (exact) mass is 265 g/mol. The van der Waals surface area contributed by atoms with Crippen molar-refractivity contribution in [1.82, 2.24) is 4.90 Å². The van der Waals surface area contributed by atoms with Crippen LogP contribution in [-0.4, -0.2) is 43.8 Å². The van der Waals surface area contributed by atoms with Crippen molar-refractivity contribution in [1.29, 1.82) is 0 Å². The molecule has 0 aliphatic carbocycles. The fourth-order valence-electron chi connectivity index (χ4n) is 2.27. The molecule has 0 bridgehead atoms. The van der Waals surface area contributed by atoms with E-state index in [2.05, 4.69) is 0 Å². The average Bonchev–Trinajstić information content (AvgIpc) is 2.36. The second kappa shape index (κ2) is 4.27. The second-order valence-electron chi connectivity index (χ2n) is 4.28. The summed E-state index contributed by atoms with van der Waals surface area (Å²) in [6, 6.07) is 6.60. The summed E-state index contributed by atoms with van der Waals surface area (Å²) in [6.07, 6.45) is -1.96. The number of fused-ring (bicyclic) bond motifs is 1. The van der Waals surface area contributed by atoms with Gasteiger partial charge in [-0.25, -0.2) is 14.4 Å². The van der Waals surface area contributed by atoms with Gasteiger partial charge in [-0.3, -0.25) is 4.90 Å². The van der Waals surface area contributed by atoms with E-state index in [9.17, 15) is 24.6 Å². The van der Waals surface area contributed by atoms with Gasteiger partial charge in [-0.15, -0.1) is 0 Å². The largest absolute Gasteiger partial charge is 0.479 e. The van der Waals surface area contributed by atoms with E-state index >= 15 is 0 Å². The molecule has 0 spiro atoms. The summed E-state index contributed by atoms with van der Waals surface area (Å²) >= 11 is 0. The Kier molecular flexibility index (Phi) is 2.89. The van der Waals surface area contributed by atoms with Gasteiger partial charge < -0.3 is 15.3 Å². The fourth-order valence-corrected chi connectivity index (χ4v) is 2.27. The van der Waals surface area contributed by atoms with Gasteiger partial charge in [0.05, 0.1) is 6.54 Å². The number of rotatable bonds is 2. The molecule has 0 saturated carbocycles. The number of amides is 1. The van der Waals surface area contributed by atoms with Crippen molar-refractivity contribution in [3.8, 4) is 0 Å². The minimum atomic E-state index is -2.47. The third-order valence-electron chi connectivity index (χ3n) is 3.29. The van der Waals surface area contributed by atoms with Crippen LogP contribution in [0.25, 0.3) is 0 Å². The van der Waals surface area contributed by atoms with Gasteiger partial charge in [0.25, 0.3) is 0 Å². The molecule has 0 aromatic heterocycles. The van der Waals surface area contributed by atoms with Crippen LogP contribution >= 0.6 is 0 Å². The lowest BCUT2D eigenvalue weighted by Gasteiger charge is -2.39. The molecule has 1 aliphatic heterocycles. The Morgan fingerprint density at radius 3 is 2.00 bits per heavy atom. The number of carboxylic acid groups (broad SMARTS) is 3. The predicted molar refractivity (Wildman–Crippen MR) is 61.7 cm³/mol. The van der Waals surface area contributed by atoms with E-state index in [0.29, 0.717) is 16.0 Å². The molecule has 0 fully saturated rings. The SMILES string of the molecule is O=C(O)N1Cc2ccccc2CC1(C(=O)O)C(=O)O. The molecule has 1 amide bonds. The summed E-state index contributed by atoms with van der Waals surface area (Å²) in [4.78, 5) is 34.4. The summed E-state index contributed by atoms with van der Waals surface area (Å²) < 4.78 is 0. The first kappa shape index (κ1) is 12.9. The minimum Gasteiger partial charge on any atom is -0.479 e. The highest BCUT2D eigenvalue weighted by Gasteiger charge is 2.56. The van der Waals surface area contributed by atoms with Gasteiger partial charge in [0, 0.05) is 6.42 Å². The summed E-state index contributed by atoms with van der Waals surface area (Å²) in [7, 11) is 0. The summed E-state index contributed by atoms with van der Waals surface area (Å²) in [5, 5.41) is 27.5. The maximum Gasteiger partial charge on any atom is 0.409 e. The summed E-state index contributed by atoms with van der Waals surface area (Å²) in [5.41, 5.74) is -1.33. The van der Waals surface area contributed by atoms with E-state index in [1.54, 1.807) is 24.3 Å². The molecule has 7 nitrogen and oxygen atoms in total. The number of carboxylic acids is 2. The average molecular weight is 265 g/mol. The smallest absolute Gasteiger partial charge is 0.409 e. The summed E-state index contributed by atoms with van der Waals surface area (Å²) in [5.74, 6) is -3.37. The Labute approximate surface area is 107 Å². The van der Waals surface area contributed by atoms with Crippen LogP contribution < -0.4 is 0 Å². The Hall–Kier alpha value is -2.57. The molecule has 100 valence electrons. The van der Waals surface area contributed by atoms with Crippen LogP contribution in [0.15, 0.2) is 24.3 Å². The van der Waals surface area contributed by atoms with E-state index in [0.717, 1.165) is 0 Å². The molecule has 1 aliphatic rings. The molecule has 0 atom stereocenters. The van der Waals surface area contributed by atoms with Crippen LogP contribution in [0.5, 0.6) is 0 Å². The molecular weight excluding hydrogens is 254 g/mol. The highest BCUT2D eigenvalue weighted by Crippen LogP contribution is 2.32. The molecule has 2 rings (SSSR count). The second-order valence-corrected chi connectivity index (χ2v) is 4.28. The Balaban J connectivity index is 2.61. The molecule has 1 aromatic rings. The van der Waals surface area contributed by atoms with Gasteiger partial charge in [0.15, 0.2) is 0 Å². The maximum atomic E-state index is 11.4. The van der Waals surface area contributed by atoms with Crippen molar-refractivity contribution < 1.29 is 29.7 Å². The highest BCUT2D eigenvalue weighted by molar-refractivity contribution is 6.06. The number of carbonyl (C=O) groups is 3. The van der Waals surface area contributed by atoms with E-state index in [1.165, 1.54) is 0 Å². The van der Waals surface area contributed by atoms with Crippen molar-refractivity contribution in [2.45, 2.75) is 18.5 Å². The number of hydrogen-bond acceptors (Lipinski definition) is 3. The molecule has 3 N–H and O–H groups in total. The maximum absolute atomic E-state index is 11.4. The number of aliphatic carboxylic acids is 2. The van der Waals surface area contributed by atoms with Crippen LogP contribution in [0.4, 0.5) is 4.79 Å².